The minimum Gasteiger partial charge on any atom is -0.476 e. The predicted octanol–water partition coefficient (Wildman–Crippen LogP) is 3.87. The summed E-state index contributed by atoms with van der Waals surface area (Å²) in [7, 11) is 0. The normalized spacial score (nSPS) is 10.7. The summed E-state index contributed by atoms with van der Waals surface area (Å²) in [6.45, 7) is 1.71. The van der Waals surface area contributed by atoms with Crippen LogP contribution < -0.4 is 5.32 Å². The van der Waals surface area contributed by atoms with Crippen LogP contribution >= 0.6 is 11.3 Å². The van der Waals surface area contributed by atoms with Crippen LogP contribution in [0.4, 0.5) is 5.00 Å². The van der Waals surface area contributed by atoms with Gasteiger partial charge in [0, 0.05) is 6.42 Å². The van der Waals surface area contributed by atoms with E-state index in [-0.39, 0.29) is 18.0 Å². The average molecular weight is 340 g/mol. The van der Waals surface area contributed by atoms with E-state index in [1.807, 2.05) is 36.4 Å². The van der Waals surface area contributed by atoms with E-state index >= 15 is 0 Å². The number of carbonyl (C=O) groups is 2. The number of fused-ring (bicyclic) bond motifs is 1. The van der Waals surface area contributed by atoms with Crippen molar-refractivity contribution in [3.63, 3.8) is 0 Å². The molecule has 1 amide bonds. The van der Waals surface area contributed by atoms with Crippen LogP contribution in [-0.4, -0.2) is 22.0 Å². The molecule has 0 bridgehead atoms. The van der Waals surface area contributed by atoms with Crippen molar-refractivity contribution in [2.45, 2.75) is 19.8 Å². The molecule has 2 aromatic carbocycles. The summed E-state index contributed by atoms with van der Waals surface area (Å²) in [5.41, 5.74) is 0.972. The van der Waals surface area contributed by atoms with Gasteiger partial charge in [-0.15, -0.1) is 11.3 Å². The average Bonchev–Trinajstić information content (AvgIpc) is 2.93. The highest BCUT2D eigenvalue weighted by molar-refractivity contribution is 7.16. The maximum atomic E-state index is 12.1. The Balaban J connectivity index is 1.65. The lowest BCUT2D eigenvalue weighted by molar-refractivity contribution is -0.116. The largest absolute Gasteiger partial charge is 0.476 e. The van der Waals surface area contributed by atoms with Gasteiger partial charge in [0.05, 0.1) is 5.01 Å². The van der Waals surface area contributed by atoms with Gasteiger partial charge in [0.15, 0.2) is 5.69 Å². The number of carbonyl (C=O) groups excluding carboxylic acids is 1. The molecule has 122 valence electrons. The number of aromatic nitrogens is 1. The van der Waals surface area contributed by atoms with Gasteiger partial charge in [-0.1, -0.05) is 42.5 Å². The van der Waals surface area contributed by atoms with Crippen molar-refractivity contribution in [3.05, 3.63) is 58.7 Å². The molecule has 1 heterocycles. The minimum atomic E-state index is -1.14. The van der Waals surface area contributed by atoms with Crippen molar-refractivity contribution in [2.24, 2.45) is 0 Å². The topological polar surface area (TPSA) is 79.3 Å². The van der Waals surface area contributed by atoms with Gasteiger partial charge in [-0.05, 0) is 29.7 Å². The van der Waals surface area contributed by atoms with Crippen LogP contribution in [0.3, 0.4) is 0 Å². The van der Waals surface area contributed by atoms with E-state index in [0.717, 1.165) is 16.3 Å². The highest BCUT2D eigenvalue weighted by Gasteiger charge is 2.17. The number of aryl methyl sites for hydroxylation is 2. The summed E-state index contributed by atoms with van der Waals surface area (Å²) in [4.78, 5) is 27.1. The van der Waals surface area contributed by atoms with Gasteiger partial charge in [0.1, 0.15) is 5.00 Å². The zero-order valence-electron chi connectivity index (χ0n) is 13.1. The summed E-state index contributed by atoms with van der Waals surface area (Å²) in [5, 5.41) is 15.0. The third-order valence-electron chi connectivity index (χ3n) is 3.64. The molecule has 3 rings (SSSR count). The molecule has 1 aromatic heterocycles. The summed E-state index contributed by atoms with van der Waals surface area (Å²) in [6.07, 6.45) is 0.880. The number of rotatable bonds is 5. The van der Waals surface area contributed by atoms with Crippen molar-refractivity contribution >= 4 is 39.0 Å². The standard InChI is InChI=1S/C18H16N2O3S/c1-11-19-16(18(22)23)17(24-11)20-15(21)9-7-12-6-8-13-4-2-3-5-14(13)10-12/h2-6,8,10H,7,9H2,1H3,(H,20,21)(H,22,23). The zero-order chi connectivity index (χ0) is 17.1. The zero-order valence-corrected chi connectivity index (χ0v) is 13.9. The maximum Gasteiger partial charge on any atom is 0.357 e. The third-order valence-corrected chi connectivity index (χ3v) is 4.53. The Hall–Kier alpha value is -2.73. The smallest absolute Gasteiger partial charge is 0.357 e. The van der Waals surface area contributed by atoms with Gasteiger partial charge in [-0.3, -0.25) is 4.79 Å². The van der Waals surface area contributed by atoms with E-state index < -0.39 is 5.97 Å². The van der Waals surface area contributed by atoms with E-state index in [1.54, 1.807) is 6.92 Å². The van der Waals surface area contributed by atoms with Gasteiger partial charge in [0.2, 0.25) is 5.91 Å². The number of hydrogen-bond acceptors (Lipinski definition) is 4. The molecule has 0 radical (unpaired) electrons. The summed E-state index contributed by atoms with van der Waals surface area (Å²) >= 11 is 1.17. The van der Waals surface area contributed by atoms with Crippen molar-refractivity contribution in [1.82, 2.24) is 4.98 Å². The summed E-state index contributed by atoms with van der Waals surface area (Å²) in [5.74, 6) is -1.35. The number of amides is 1. The second kappa shape index (κ2) is 6.80. The Labute approximate surface area is 143 Å². The SMILES string of the molecule is Cc1nc(C(=O)O)c(NC(=O)CCc2ccc3ccccc3c2)s1. The Morgan fingerprint density at radius 2 is 1.92 bits per heavy atom. The van der Waals surface area contributed by atoms with Gasteiger partial charge in [0.25, 0.3) is 0 Å². The lowest BCUT2D eigenvalue weighted by Crippen LogP contribution is -2.14. The van der Waals surface area contributed by atoms with Crippen molar-refractivity contribution in [3.8, 4) is 0 Å². The number of thiazole rings is 1. The fraction of sp³-hybridized carbons (Fsp3) is 0.167. The number of carboxylic acids is 1. The molecular weight excluding hydrogens is 324 g/mol. The van der Waals surface area contributed by atoms with Gasteiger partial charge >= 0.3 is 5.97 Å². The molecular formula is C18H16N2O3S. The Kier molecular flexibility index (Phi) is 4.57. The van der Waals surface area contributed by atoms with Crippen LogP contribution in [0.5, 0.6) is 0 Å². The van der Waals surface area contributed by atoms with Crippen molar-refractivity contribution in [2.75, 3.05) is 5.32 Å². The molecule has 6 heteroatoms. The first-order valence-corrected chi connectivity index (χ1v) is 8.33. The predicted molar refractivity (Wildman–Crippen MR) is 94.7 cm³/mol. The van der Waals surface area contributed by atoms with Gasteiger partial charge < -0.3 is 10.4 Å². The van der Waals surface area contributed by atoms with Gasteiger partial charge in [-0.2, -0.15) is 0 Å². The van der Waals surface area contributed by atoms with E-state index in [1.165, 1.54) is 11.3 Å². The molecule has 3 aromatic rings. The van der Waals surface area contributed by atoms with E-state index in [4.69, 9.17) is 5.11 Å². The molecule has 0 aliphatic heterocycles. The number of carboxylic acid groups (broad SMARTS) is 1. The van der Waals surface area contributed by atoms with Crippen LogP contribution in [0, 0.1) is 6.92 Å². The number of anilines is 1. The highest BCUT2D eigenvalue weighted by atomic mass is 32.1. The number of nitrogens with one attached hydrogen (secondary N) is 1. The highest BCUT2D eigenvalue weighted by Crippen LogP contribution is 2.24. The first kappa shape index (κ1) is 16.1. The van der Waals surface area contributed by atoms with Crippen LogP contribution in [0.1, 0.15) is 27.5 Å². The lowest BCUT2D eigenvalue weighted by atomic mass is 10.0. The van der Waals surface area contributed by atoms with Crippen LogP contribution in [0.2, 0.25) is 0 Å². The quantitative estimate of drug-likeness (QED) is 0.739. The molecule has 0 unspecified atom stereocenters. The molecule has 0 aliphatic carbocycles. The summed E-state index contributed by atoms with van der Waals surface area (Å²) < 4.78 is 0. The number of nitrogens with zero attached hydrogens (tertiary/aromatic N) is 1. The fourth-order valence-electron chi connectivity index (χ4n) is 2.50. The lowest BCUT2D eigenvalue weighted by Gasteiger charge is -2.05. The van der Waals surface area contributed by atoms with Crippen LogP contribution in [0.25, 0.3) is 10.8 Å². The van der Waals surface area contributed by atoms with E-state index in [0.29, 0.717) is 16.4 Å². The number of benzene rings is 2. The number of aromatic carboxylic acids is 1. The minimum absolute atomic E-state index is 0.100. The van der Waals surface area contributed by atoms with Crippen LogP contribution in [0.15, 0.2) is 42.5 Å². The first-order valence-electron chi connectivity index (χ1n) is 7.51. The summed E-state index contributed by atoms with van der Waals surface area (Å²) in [6, 6.07) is 14.2. The molecule has 0 saturated carbocycles. The second-order valence-electron chi connectivity index (χ2n) is 5.45. The first-order chi connectivity index (χ1) is 11.5. The molecule has 24 heavy (non-hydrogen) atoms. The van der Waals surface area contributed by atoms with Gasteiger partial charge in [-0.25, -0.2) is 9.78 Å². The monoisotopic (exact) mass is 340 g/mol. The molecule has 0 fully saturated rings. The molecule has 0 saturated heterocycles. The van der Waals surface area contributed by atoms with E-state index in [2.05, 4.69) is 16.4 Å². The van der Waals surface area contributed by atoms with Crippen molar-refractivity contribution in [1.29, 1.82) is 0 Å². The molecule has 2 N–H and O–H groups in total. The molecule has 0 aliphatic rings. The molecule has 0 spiro atoms. The molecule has 0 atom stereocenters. The maximum absolute atomic E-state index is 12.1. The second-order valence-corrected chi connectivity index (χ2v) is 6.65. The number of hydrogen-bond donors (Lipinski definition) is 2. The Bertz CT molecular complexity index is 918. The molecule has 5 nitrogen and oxygen atoms in total. The van der Waals surface area contributed by atoms with E-state index in [9.17, 15) is 9.59 Å². The van der Waals surface area contributed by atoms with Crippen LogP contribution in [-0.2, 0) is 11.2 Å². The third kappa shape index (κ3) is 3.60. The fourth-order valence-corrected chi connectivity index (χ4v) is 3.32. The Morgan fingerprint density at radius 3 is 2.67 bits per heavy atom. The van der Waals surface area contributed by atoms with Crippen molar-refractivity contribution < 1.29 is 14.7 Å². The Morgan fingerprint density at radius 1 is 1.17 bits per heavy atom.